The zero-order valence-corrected chi connectivity index (χ0v) is 18.6. The second kappa shape index (κ2) is 10.1. The third-order valence-corrected chi connectivity index (χ3v) is 7.08. The van der Waals surface area contributed by atoms with Crippen molar-refractivity contribution in [3.8, 4) is 0 Å². The van der Waals surface area contributed by atoms with Crippen molar-refractivity contribution in [2.45, 2.75) is 30.3 Å². The van der Waals surface area contributed by atoms with E-state index in [-0.39, 0.29) is 23.4 Å². The molecule has 1 amide bonds. The number of nitrogens with one attached hydrogen (secondary N) is 2. The predicted molar refractivity (Wildman–Crippen MR) is 121 cm³/mol. The van der Waals surface area contributed by atoms with Gasteiger partial charge in [0.05, 0.1) is 23.7 Å². The number of nitrogens with zero attached hydrogens (tertiary/aromatic N) is 1. The number of hydrogen-bond donors (Lipinski definition) is 2. The molecule has 7 nitrogen and oxygen atoms in total. The average Bonchev–Trinajstić information content (AvgIpc) is 3.53. The highest BCUT2D eigenvalue weighted by atomic mass is 32.2. The molecule has 0 aliphatic carbocycles. The maximum atomic E-state index is 12.7. The topological polar surface area (TPSA) is 91.7 Å². The second-order valence-electron chi connectivity index (χ2n) is 7.81. The summed E-state index contributed by atoms with van der Waals surface area (Å²) < 4.78 is 32.6. The quantitative estimate of drug-likeness (QED) is 0.519. The van der Waals surface area contributed by atoms with E-state index in [2.05, 4.69) is 27.1 Å². The molecule has 1 aromatic heterocycles. The summed E-state index contributed by atoms with van der Waals surface area (Å²) >= 11 is 0. The van der Waals surface area contributed by atoms with Crippen LogP contribution in [0.1, 0.15) is 40.6 Å². The van der Waals surface area contributed by atoms with Crippen LogP contribution in [0.3, 0.4) is 0 Å². The summed E-state index contributed by atoms with van der Waals surface area (Å²) in [6.07, 6.45) is 3.82. The lowest BCUT2D eigenvalue weighted by Gasteiger charge is -2.28. The maximum Gasteiger partial charge on any atom is 0.251 e. The number of carbonyl (C=O) groups excluding carboxylic acids is 1. The molecular formula is C24H27N3O4S. The van der Waals surface area contributed by atoms with Gasteiger partial charge in [0.2, 0.25) is 10.0 Å². The number of hydrogen-bond acceptors (Lipinski definition) is 5. The van der Waals surface area contributed by atoms with Crippen molar-refractivity contribution in [1.82, 2.24) is 14.9 Å². The Kier molecular flexibility index (Phi) is 7.04. The van der Waals surface area contributed by atoms with E-state index in [1.165, 1.54) is 48.9 Å². The number of likely N-dealkylation sites (tertiary alicyclic amines) is 1. The highest BCUT2D eigenvalue weighted by molar-refractivity contribution is 7.89. The number of amides is 1. The molecule has 0 unspecified atom stereocenters. The van der Waals surface area contributed by atoms with Crippen LogP contribution in [0, 0.1) is 0 Å². The molecule has 0 radical (unpaired) electrons. The summed E-state index contributed by atoms with van der Waals surface area (Å²) in [6.45, 7) is 2.60. The van der Waals surface area contributed by atoms with E-state index in [1.54, 1.807) is 12.1 Å². The van der Waals surface area contributed by atoms with Gasteiger partial charge in [-0.1, -0.05) is 30.3 Å². The van der Waals surface area contributed by atoms with Crippen LogP contribution >= 0.6 is 0 Å². The van der Waals surface area contributed by atoms with E-state index < -0.39 is 10.0 Å². The van der Waals surface area contributed by atoms with Gasteiger partial charge in [-0.25, -0.2) is 13.1 Å². The first-order valence-electron chi connectivity index (χ1n) is 10.7. The highest BCUT2D eigenvalue weighted by Gasteiger charge is 2.24. The van der Waals surface area contributed by atoms with Crippen LogP contribution in [0.25, 0.3) is 0 Å². The van der Waals surface area contributed by atoms with E-state index in [0.29, 0.717) is 17.9 Å². The fraction of sp³-hybridized carbons (Fsp3) is 0.292. The molecular weight excluding hydrogens is 426 g/mol. The van der Waals surface area contributed by atoms with Crippen molar-refractivity contribution >= 4 is 15.9 Å². The van der Waals surface area contributed by atoms with Gasteiger partial charge in [-0.05, 0) is 67.9 Å². The maximum absolute atomic E-state index is 12.7. The van der Waals surface area contributed by atoms with Crippen LogP contribution in [0.2, 0.25) is 0 Å². The van der Waals surface area contributed by atoms with E-state index in [4.69, 9.17) is 4.42 Å². The fourth-order valence-corrected chi connectivity index (χ4v) is 4.92. The van der Waals surface area contributed by atoms with Gasteiger partial charge in [0, 0.05) is 12.1 Å². The Morgan fingerprint density at radius 3 is 2.34 bits per heavy atom. The number of furan rings is 1. The van der Waals surface area contributed by atoms with E-state index >= 15 is 0 Å². The highest BCUT2D eigenvalue weighted by Crippen LogP contribution is 2.24. The summed E-state index contributed by atoms with van der Waals surface area (Å²) in [4.78, 5) is 15.2. The Hall–Kier alpha value is -2.94. The summed E-state index contributed by atoms with van der Waals surface area (Å²) in [7, 11) is -3.70. The van der Waals surface area contributed by atoms with Crippen molar-refractivity contribution in [1.29, 1.82) is 0 Å². The van der Waals surface area contributed by atoms with Crippen molar-refractivity contribution < 1.29 is 17.6 Å². The van der Waals surface area contributed by atoms with Gasteiger partial charge in [-0.2, -0.15) is 0 Å². The zero-order chi connectivity index (χ0) is 22.4. The Morgan fingerprint density at radius 1 is 0.969 bits per heavy atom. The monoisotopic (exact) mass is 453 g/mol. The molecule has 2 aromatic carbocycles. The second-order valence-corrected chi connectivity index (χ2v) is 9.57. The molecule has 2 heterocycles. The van der Waals surface area contributed by atoms with Crippen LogP contribution in [-0.2, 0) is 16.6 Å². The third kappa shape index (κ3) is 5.45. The Morgan fingerprint density at radius 2 is 1.69 bits per heavy atom. The van der Waals surface area contributed by atoms with E-state index in [9.17, 15) is 13.2 Å². The number of rotatable bonds is 9. The van der Waals surface area contributed by atoms with Gasteiger partial charge in [0.25, 0.3) is 5.91 Å². The Balaban J connectivity index is 1.38. The van der Waals surface area contributed by atoms with Gasteiger partial charge in [-0.3, -0.25) is 9.69 Å². The van der Waals surface area contributed by atoms with Crippen molar-refractivity contribution in [2.24, 2.45) is 0 Å². The standard InChI is InChI=1S/C24H27N3O4S/c28-24(25-18-23(27-14-4-5-15-27)19-7-2-1-3-8-19)20-10-12-22(13-11-20)32(29,30)26-17-21-9-6-16-31-21/h1-3,6-13,16,23,26H,4-5,14-15,17-18H2,(H,25,28)/t23-/m0/s1. The normalized spacial score (nSPS) is 15.5. The minimum Gasteiger partial charge on any atom is -0.468 e. The lowest BCUT2D eigenvalue weighted by atomic mass is 10.1. The largest absolute Gasteiger partial charge is 0.468 e. The molecule has 1 aliphatic rings. The molecule has 3 aromatic rings. The molecule has 4 rings (SSSR count). The molecule has 0 saturated carbocycles. The summed E-state index contributed by atoms with van der Waals surface area (Å²) in [6, 6.07) is 19.6. The Bertz CT molecular complexity index is 1110. The van der Waals surface area contributed by atoms with E-state index in [1.807, 2.05) is 18.2 Å². The number of sulfonamides is 1. The van der Waals surface area contributed by atoms with Gasteiger partial charge in [0.1, 0.15) is 5.76 Å². The van der Waals surface area contributed by atoms with Gasteiger partial charge in [-0.15, -0.1) is 0 Å². The molecule has 32 heavy (non-hydrogen) atoms. The molecule has 1 saturated heterocycles. The van der Waals surface area contributed by atoms with Crippen LogP contribution < -0.4 is 10.0 Å². The van der Waals surface area contributed by atoms with Crippen molar-refractivity contribution in [3.63, 3.8) is 0 Å². The fourth-order valence-electron chi connectivity index (χ4n) is 3.93. The van der Waals surface area contributed by atoms with Crippen molar-refractivity contribution in [3.05, 3.63) is 89.9 Å². The molecule has 1 fully saturated rings. The first kappa shape index (κ1) is 22.3. The van der Waals surface area contributed by atoms with Crippen LogP contribution in [-0.4, -0.2) is 38.9 Å². The average molecular weight is 454 g/mol. The van der Waals surface area contributed by atoms with E-state index in [0.717, 1.165) is 13.1 Å². The molecule has 8 heteroatoms. The van der Waals surface area contributed by atoms with Crippen molar-refractivity contribution in [2.75, 3.05) is 19.6 Å². The lowest BCUT2D eigenvalue weighted by molar-refractivity contribution is 0.0938. The zero-order valence-electron chi connectivity index (χ0n) is 17.7. The molecule has 1 aliphatic heterocycles. The third-order valence-electron chi connectivity index (χ3n) is 5.67. The SMILES string of the molecule is O=C(NC[C@@H](c1ccccc1)N1CCCC1)c1ccc(S(=O)(=O)NCc2ccco2)cc1. The molecule has 168 valence electrons. The van der Waals surface area contributed by atoms with Gasteiger partial charge in [0.15, 0.2) is 0 Å². The van der Waals surface area contributed by atoms with Crippen LogP contribution in [0.4, 0.5) is 0 Å². The molecule has 0 bridgehead atoms. The lowest BCUT2D eigenvalue weighted by Crippen LogP contribution is -2.36. The first-order valence-corrected chi connectivity index (χ1v) is 12.2. The Labute approximate surface area is 188 Å². The minimum atomic E-state index is -3.70. The van der Waals surface area contributed by atoms with Crippen LogP contribution in [0.5, 0.6) is 0 Å². The number of carbonyl (C=O) groups is 1. The van der Waals surface area contributed by atoms with Gasteiger partial charge < -0.3 is 9.73 Å². The summed E-state index contributed by atoms with van der Waals surface area (Å²) in [5, 5.41) is 3.02. The first-order chi connectivity index (χ1) is 15.5. The molecule has 1 atom stereocenters. The van der Waals surface area contributed by atoms with Gasteiger partial charge >= 0.3 is 0 Å². The molecule has 0 spiro atoms. The number of benzene rings is 2. The predicted octanol–water partition coefficient (Wildman–Crippen LogP) is 3.33. The molecule has 2 N–H and O–H groups in total. The van der Waals surface area contributed by atoms with Crippen LogP contribution in [0.15, 0.2) is 82.3 Å². The summed E-state index contributed by atoms with van der Waals surface area (Å²) in [5.74, 6) is 0.299. The minimum absolute atomic E-state index is 0.0644. The smallest absolute Gasteiger partial charge is 0.251 e. The summed E-state index contributed by atoms with van der Waals surface area (Å²) in [5.41, 5.74) is 1.60.